The number of piperidine rings is 1. The second-order valence-electron chi connectivity index (χ2n) is 6.92. The lowest BCUT2D eigenvalue weighted by atomic mass is 9.83. The molecule has 1 fully saturated rings. The lowest BCUT2D eigenvalue weighted by Gasteiger charge is -2.44. The van der Waals surface area contributed by atoms with Gasteiger partial charge in [-0.1, -0.05) is 0 Å². The van der Waals surface area contributed by atoms with E-state index >= 15 is 0 Å². The van der Waals surface area contributed by atoms with E-state index in [2.05, 4.69) is 19.9 Å². The molecule has 2 aromatic heterocycles. The number of rotatable bonds is 3. The molecule has 4 heterocycles. The Morgan fingerprint density at radius 1 is 1.19 bits per heavy atom. The van der Waals surface area contributed by atoms with E-state index in [1.54, 1.807) is 19.4 Å². The van der Waals surface area contributed by atoms with Crippen molar-refractivity contribution in [1.29, 1.82) is 0 Å². The quantitative estimate of drug-likeness (QED) is 0.817. The van der Waals surface area contributed by atoms with Crippen LogP contribution in [-0.2, 0) is 16.8 Å². The number of anilines is 2. The van der Waals surface area contributed by atoms with Gasteiger partial charge in [0.25, 0.3) is 0 Å². The summed E-state index contributed by atoms with van der Waals surface area (Å²) in [6.45, 7) is 2.34. The molecule has 4 rings (SSSR count). The first-order valence-electron chi connectivity index (χ1n) is 8.91. The van der Waals surface area contributed by atoms with E-state index in [9.17, 15) is 0 Å². The van der Waals surface area contributed by atoms with E-state index in [1.165, 1.54) is 5.56 Å². The van der Waals surface area contributed by atoms with Crippen LogP contribution in [0, 0.1) is 0 Å². The number of nitrogens with zero attached hydrogens (tertiary/aromatic N) is 6. The molecule has 2 aromatic rings. The van der Waals surface area contributed by atoms with Crippen LogP contribution in [0.15, 0.2) is 18.5 Å². The minimum absolute atomic E-state index is 0.337. The van der Waals surface area contributed by atoms with Crippen molar-refractivity contribution < 1.29 is 9.47 Å². The molecule has 8 heteroatoms. The molecule has 0 bridgehead atoms. The van der Waals surface area contributed by atoms with Crippen LogP contribution in [0.1, 0.15) is 24.1 Å². The lowest BCUT2D eigenvalue weighted by molar-refractivity contribution is -0.0802. The second kappa shape index (κ2) is 6.68. The predicted molar refractivity (Wildman–Crippen MR) is 97.7 cm³/mol. The Bertz CT molecular complexity index is 789. The predicted octanol–water partition coefficient (Wildman–Crippen LogP) is 1.41. The zero-order valence-electron chi connectivity index (χ0n) is 15.5. The molecule has 2 aliphatic rings. The number of aromatic nitrogens is 4. The van der Waals surface area contributed by atoms with E-state index in [-0.39, 0.29) is 5.60 Å². The first-order chi connectivity index (χ1) is 12.6. The normalized spacial score (nSPS) is 18.5. The molecule has 2 aliphatic heterocycles. The van der Waals surface area contributed by atoms with Crippen molar-refractivity contribution in [1.82, 2.24) is 19.9 Å². The summed E-state index contributed by atoms with van der Waals surface area (Å²) >= 11 is 0. The lowest BCUT2D eigenvalue weighted by Crippen LogP contribution is -2.47. The Morgan fingerprint density at radius 3 is 2.73 bits per heavy atom. The van der Waals surface area contributed by atoms with Gasteiger partial charge in [0.05, 0.1) is 19.4 Å². The molecule has 26 heavy (non-hydrogen) atoms. The number of hydrogen-bond acceptors (Lipinski definition) is 8. The monoisotopic (exact) mass is 356 g/mol. The SMILES string of the molecule is COc1ccnc(N2CCC3(CC2)OCCc2cnc(N(C)C)nc23)n1. The number of fused-ring (bicyclic) bond motifs is 2. The Kier molecular flexibility index (Phi) is 4.36. The molecule has 0 atom stereocenters. The molecular formula is C18H24N6O2. The van der Waals surface area contributed by atoms with Crippen molar-refractivity contribution in [2.75, 3.05) is 50.7 Å². The van der Waals surface area contributed by atoms with Crippen molar-refractivity contribution in [3.8, 4) is 5.88 Å². The van der Waals surface area contributed by atoms with Gasteiger partial charge in [0, 0.05) is 45.6 Å². The minimum atomic E-state index is -0.337. The topological polar surface area (TPSA) is 76.5 Å². The molecule has 1 spiro atoms. The Morgan fingerprint density at radius 2 is 2.00 bits per heavy atom. The molecule has 0 amide bonds. The largest absolute Gasteiger partial charge is 0.481 e. The van der Waals surface area contributed by atoms with Crippen molar-refractivity contribution in [3.63, 3.8) is 0 Å². The Hall–Kier alpha value is -2.48. The molecular weight excluding hydrogens is 332 g/mol. The van der Waals surface area contributed by atoms with E-state index in [1.807, 2.05) is 25.2 Å². The fourth-order valence-electron chi connectivity index (χ4n) is 3.66. The standard InChI is InChI=1S/C18H24N6O2/c1-23(2)16-20-12-13-5-11-26-18(15(13)22-16)6-9-24(10-7-18)17-19-8-4-14(21-17)25-3/h4,8,12H,5-7,9-11H2,1-3H3. The van der Waals surface area contributed by atoms with Gasteiger partial charge in [-0.05, 0) is 24.8 Å². The Labute approximate surface area is 153 Å². The fraction of sp³-hybridized carbons (Fsp3) is 0.556. The van der Waals surface area contributed by atoms with Gasteiger partial charge in [-0.2, -0.15) is 4.98 Å². The van der Waals surface area contributed by atoms with Gasteiger partial charge in [-0.3, -0.25) is 0 Å². The maximum Gasteiger partial charge on any atom is 0.228 e. The number of methoxy groups -OCH3 is 1. The van der Waals surface area contributed by atoms with Crippen LogP contribution in [0.5, 0.6) is 5.88 Å². The minimum Gasteiger partial charge on any atom is -0.481 e. The van der Waals surface area contributed by atoms with Crippen LogP contribution in [0.25, 0.3) is 0 Å². The smallest absolute Gasteiger partial charge is 0.228 e. The molecule has 8 nitrogen and oxygen atoms in total. The third kappa shape index (κ3) is 2.94. The van der Waals surface area contributed by atoms with Crippen LogP contribution < -0.4 is 14.5 Å². The first kappa shape index (κ1) is 17.0. The highest BCUT2D eigenvalue weighted by Gasteiger charge is 2.43. The fourth-order valence-corrected chi connectivity index (χ4v) is 3.66. The summed E-state index contributed by atoms with van der Waals surface area (Å²) in [5, 5.41) is 0. The summed E-state index contributed by atoms with van der Waals surface area (Å²) in [5.41, 5.74) is 1.91. The summed E-state index contributed by atoms with van der Waals surface area (Å²) in [5.74, 6) is 2.01. The molecule has 0 unspecified atom stereocenters. The van der Waals surface area contributed by atoms with Crippen molar-refractivity contribution in [2.45, 2.75) is 24.9 Å². The first-order valence-corrected chi connectivity index (χ1v) is 8.91. The van der Waals surface area contributed by atoms with Crippen molar-refractivity contribution >= 4 is 11.9 Å². The van der Waals surface area contributed by atoms with Crippen LogP contribution >= 0.6 is 0 Å². The van der Waals surface area contributed by atoms with Gasteiger partial charge >= 0.3 is 0 Å². The zero-order valence-corrected chi connectivity index (χ0v) is 15.5. The van der Waals surface area contributed by atoms with E-state index in [0.29, 0.717) is 18.4 Å². The molecule has 1 saturated heterocycles. The van der Waals surface area contributed by atoms with E-state index in [0.717, 1.165) is 44.0 Å². The highest BCUT2D eigenvalue weighted by atomic mass is 16.5. The maximum absolute atomic E-state index is 6.30. The highest BCUT2D eigenvalue weighted by Crippen LogP contribution is 2.41. The summed E-state index contributed by atoms with van der Waals surface area (Å²) < 4.78 is 11.5. The molecule has 0 radical (unpaired) electrons. The molecule has 0 N–H and O–H groups in total. The second-order valence-corrected chi connectivity index (χ2v) is 6.92. The summed E-state index contributed by atoms with van der Waals surface area (Å²) in [6, 6.07) is 1.76. The van der Waals surface area contributed by atoms with Crippen LogP contribution in [-0.4, -0.2) is 60.8 Å². The van der Waals surface area contributed by atoms with Crippen molar-refractivity contribution in [2.24, 2.45) is 0 Å². The maximum atomic E-state index is 6.30. The van der Waals surface area contributed by atoms with Crippen LogP contribution in [0.3, 0.4) is 0 Å². The number of hydrogen-bond donors (Lipinski definition) is 0. The molecule has 138 valence electrons. The van der Waals surface area contributed by atoms with Crippen LogP contribution in [0.2, 0.25) is 0 Å². The molecule has 0 aromatic carbocycles. The van der Waals surface area contributed by atoms with Crippen LogP contribution in [0.4, 0.5) is 11.9 Å². The average molecular weight is 356 g/mol. The van der Waals surface area contributed by atoms with Crippen molar-refractivity contribution in [3.05, 3.63) is 29.7 Å². The molecule has 0 aliphatic carbocycles. The molecule has 0 saturated carbocycles. The van der Waals surface area contributed by atoms with E-state index < -0.39 is 0 Å². The summed E-state index contributed by atoms with van der Waals surface area (Å²) in [6.07, 6.45) is 6.26. The zero-order chi connectivity index (χ0) is 18.1. The summed E-state index contributed by atoms with van der Waals surface area (Å²) in [4.78, 5) is 22.3. The third-order valence-electron chi connectivity index (χ3n) is 5.11. The Balaban J connectivity index is 1.58. The number of ether oxygens (including phenoxy) is 2. The highest BCUT2D eigenvalue weighted by molar-refractivity contribution is 5.38. The van der Waals surface area contributed by atoms with Gasteiger partial charge in [-0.25, -0.2) is 15.0 Å². The van der Waals surface area contributed by atoms with Gasteiger partial charge in [0.1, 0.15) is 5.60 Å². The van der Waals surface area contributed by atoms with Gasteiger partial charge in [0.15, 0.2) is 0 Å². The van der Waals surface area contributed by atoms with Gasteiger partial charge < -0.3 is 19.3 Å². The van der Waals surface area contributed by atoms with E-state index in [4.69, 9.17) is 14.5 Å². The average Bonchev–Trinajstić information content (AvgIpc) is 2.68. The van der Waals surface area contributed by atoms with Gasteiger partial charge in [0.2, 0.25) is 17.8 Å². The van der Waals surface area contributed by atoms with Gasteiger partial charge in [-0.15, -0.1) is 0 Å². The summed E-state index contributed by atoms with van der Waals surface area (Å²) in [7, 11) is 5.54. The third-order valence-corrected chi connectivity index (χ3v) is 5.11.